The lowest BCUT2D eigenvalue weighted by Crippen LogP contribution is -2.37. The minimum atomic E-state index is -0.809. The quantitative estimate of drug-likeness (QED) is 0.869. The Morgan fingerprint density at radius 1 is 1.21 bits per heavy atom. The summed E-state index contributed by atoms with van der Waals surface area (Å²) in [6.45, 7) is 1.27. The monoisotopic (exact) mass is 346 g/mol. The van der Waals surface area contributed by atoms with Gasteiger partial charge in [-0.15, -0.1) is 0 Å². The Hall–Kier alpha value is -2.73. The third kappa shape index (κ3) is 2.76. The number of amides is 3. The number of benzene rings is 2. The molecule has 0 bridgehead atoms. The van der Waals surface area contributed by atoms with Gasteiger partial charge in [0.1, 0.15) is 12.4 Å². The molecule has 1 aliphatic heterocycles. The summed E-state index contributed by atoms with van der Waals surface area (Å²) in [7, 11) is 0. The largest absolute Gasteiger partial charge is 0.324 e. The van der Waals surface area contributed by atoms with Crippen molar-refractivity contribution in [1.82, 2.24) is 4.90 Å². The van der Waals surface area contributed by atoms with E-state index in [1.165, 1.54) is 12.1 Å². The standard InChI is InChI=1S/C17H12ClFN2O3/c1-9-7-10(18)5-6-13(9)20-14(22)8-21-16(23)11-3-2-4-12(19)15(11)17(21)24/h2-7H,8H2,1H3,(H,20,22). The Morgan fingerprint density at radius 3 is 2.62 bits per heavy atom. The molecule has 3 rings (SSSR count). The van der Waals surface area contributed by atoms with Gasteiger partial charge in [-0.25, -0.2) is 4.39 Å². The highest BCUT2D eigenvalue weighted by Gasteiger charge is 2.38. The Bertz CT molecular complexity index is 882. The SMILES string of the molecule is Cc1cc(Cl)ccc1NC(=O)CN1C(=O)c2cccc(F)c2C1=O. The molecule has 2 aromatic carbocycles. The number of imide groups is 1. The minimum Gasteiger partial charge on any atom is -0.324 e. The molecule has 2 aromatic rings. The molecule has 5 nitrogen and oxygen atoms in total. The van der Waals surface area contributed by atoms with Crippen LogP contribution in [0.15, 0.2) is 36.4 Å². The Kier molecular flexibility index (Phi) is 4.07. The van der Waals surface area contributed by atoms with Crippen molar-refractivity contribution in [3.8, 4) is 0 Å². The summed E-state index contributed by atoms with van der Waals surface area (Å²) in [6, 6.07) is 8.72. The molecule has 0 atom stereocenters. The van der Waals surface area contributed by atoms with Gasteiger partial charge in [0.2, 0.25) is 5.91 Å². The van der Waals surface area contributed by atoms with Gasteiger partial charge in [-0.1, -0.05) is 17.7 Å². The second-order valence-corrected chi connectivity index (χ2v) is 5.80. The van der Waals surface area contributed by atoms with E-state index in [2.05, 4.69) is 5.32 Å². The molecule has 7 heteroatoms. The van der Waals surface area contributed by atoms with Gasteiger partial charge in [-0.3, -0.25) is 19.3 Å². The number of nitrogens with one attached hydrogen (secondary N) is 1. The van der Waals surface area contributed by atoms with Crippen LogP contribution in [0.3, 0.4) is 0 Å². The average molecular weight is 347 g/mol. The molecule has 1 heterocycles. The van der Waals surface area contributed by atoms with Crippen LogP contribution in [-0.2, 0) is 4.79 Å². The lowest BCUT2D eigenvalue weighted by atomic mass is 10.1. The van der Waals surface area contributed by atoms with Gasteiger partial charge in [0.25, 0.3) is 11.8 Å². The van der Waals surface area contributed by atoms with E-state index in [4.69, 9.17) is 11.6 Å². The number of rotatable bonds is 3. The molecule has 0 saturated carbocycles. The maximum absolute atomic E-state index is 13.8. The highest BCUT2D eigenvalue weighted by Crippen LogP contribution is 2.25. The highest BCUT2D eigenvalue weighted by atomic mass is 35.5. The van der Waals surface area contributed by atoms with Crippen LogP contribution in [0, 0.1) is 12.7 Å². The van der Waals surface area contributed by atoms with Crippen LogP contribution in [0.1, 0.15) is 26.3 Å². The van der Waals surface area contributed by atoms with Gasteiger partial charge in [0.05, 0.1) is 11.1 Å². The van der Waals surface area contributed by atoms with E-state index < -0.39 is 30.1 Å². The zero-order valence-electron chi connectivity index (χ0n) is 12.6. The predicted molar refractivity (Wildman–Crippen MR) is 86.6 cm³/mol. The van der Waals surface area contributed by atoms with Crippen molar-refractivity contribution in [1.29, 1.82) is 0 Å². The Balaban J connectivity index is 1.77. The summed E-state index contributed by atoms with van der Waals surface area (Å²) in [5.41, 5.74) is 0.935. The van der Waals surface area contributed by atoms with Gasteiger partial charge in [-0.2, -0.15) is 0 Å². The summed E-state index contributed by atoms with van der Waals surface area (Å²) in [5.74, 6) is -2.83. The summed E-state index contributed by atoms with van der Waals surface area (Å²) in [5, 5.41) is 3.14. The van der Waals surface area contributed by atoms with Gasteiger partial charge in [-0.05, 0) is 42.8 Å². The van der Waals surface area contributed by atoms with Crippen molar-refractivity contribution < 1.29 is 18.8 Å². The number of hydrogen-bond acceptors (Lipinski definition) is 3. The Labute approximate surface area is 142 Å². The van der Waals surface area contributed by atoms with Crippen LogP contribution in [0.4, 0.5) is 10.1 Å². The maximum atomic E-state index is 13.8. The Morgan fingerprint density at radius 2 is 1.96 bits per heavy atom. The van der Waals surface area contributed by atoms with Crippen LogP contribution in [0.2, 0.25) is 5.02 Å². The molecule has 0 spiro atoms. The molecule has 1 N–H and O–H groups in total. The number of carbonyl (C=O) groups excluding carboxylic acids is 3. The number of anilines is 1. The van der Waals surface area contributed by atoms with Crippen molar-refractivity contribution in [2.24, 2.45) is 0 Å². The van der Waals surface area contributed by atoms with Crippen molar-refractivity contribution in [3.63, 3.8) is 0 Å². The summed E-state index contributed by atoms with van der Waals surface area (Å²) < 4.78 is 13.8. The minimum absolute atomic E-state index is 0.0320. The molecule has 0 fully saturated rings. The predicted octanol–water partition coefficient (Wildman–Crippen LogP) is 3.02. The van der Waals surface area contributed by atoms with Crippen molar-refractivity contribution in [2.45, 2.75) is 6.92 Å². The van der Waals surface area contributed by atoms with E-state index in [-0.39, 0.29) is 11.1 Å². The number of hydrogen-bond donors (Lipinski definition) is 1. The van der Waals surface area contributed by atoms with Crippen LogP contribution in [0.25, 0.3) is 0 Å². The first kappa shape index (κ1) is 16.1. The third-order valence-electron chi connectivity index (χ3n) is 3.71. The lowest BCUT2D eigenvalue weighted by Gasteiger charge is -2.14. The topological polar surface area (TPSA) is 66.5 Å². The lowest BCUT2D eigenvalue weighted by molar-refractivity contribution is -0.116. The number of carbonyl (C=O) groups is 3. The smallest absolute Gasteiger partial charge is 0.265 e. The summed E-state index contributed by atoms with van der Waals surface area (Å²) in [4.78, 5) is 37.3. The third-order valence-corrected chi connectivity index (χ3v) is 3.95. The van der Waals surface area contributed by atoms with Crippen molar-refractivity contribution >= 4 is 35.0 Å². The van der Waals surface area contributed by atoms with Crippen molar-refractivity contribution in [2.75, 3.05) is 11.9 Å². The fraction of sp³-hybridized carbons (Fsp3) is 0.118. The van der Waals surface area contributed by atoms with Crippen LogP contribution in [0.5, 0.6) is 0 Å². The molecule has 122 valence electrons. The van der Waals surface area contributed by atoms with E-state index in [1.54, 1.807) is 25.1 Å². The zero-order chi connectivity index (χ0) is 17.4. The fourth-order valence-electron chi connectivity index (χ4n) is 2.54. The van der Waals surface area contributed by atoms with E-state index in [9.17, 15) is 18.8 Å². The molecule has 24 heavy (non-hydrogen) atoms. The van der Waals surface area contributed by atoms with E-state index >= 15 is 0 Å². The van der Waals surface area contributed by atoms with Gasteiger partial charge >= 0.3 is 0 Å². The normalized spacial score (nSPS) is 13.2. The van der Waals surface area contributed by atoms with Crippen LogP contribution in [-0.4, -0.2) is 29.2 Å². The zero-order valence-corrected chi connectivity index (χ0v) is 13.4. The summed E-state index contributed by atoms with van der Waals surface area (Å²) >= 11 is 5.85. The van der Waals surface area contributed by atoms with Crippen LogP contribution < -0.4 is 5.32 Å². The molecular weight excluding hydrogens is 335 g/mol. The van der Waals surface area contributed by atoms with Gasteiger partial charge < -0.3 is 5.32 Å². The molecule has 1 aliphatic rings. The number of nitrogens with zero attached hydrogens (tertiary/aromatic N) is 1. The molecule has 3 amide bonds. The number of aryl methyl sites for hydroxylation is 1. The first-order valence-electron chi connectivity index (χ1n) is 7.09. The second-order valence-electron chi connectivity index (χ2n) is 5.37. The average Bonchev–Trinajstić information content (AvgIpc) is 2.76. The van der Waals surface area contributed by atoms with E-state index in [0.717, 1.165) is 16.5 Å². The fourth-order valence-corrected chi connectivity index (χ4v) is 2.76. The van der Waals surface area contributed by atoms with Gasteiger partial charge in [0, 0.05) is 10.7 Å². The highest BCUT2D eigenvalue weighted by molar-refractivity contribution is 6.30. The molecule has 0 radical (unpaired) electrons. The maximum Gasteiger partial charge on any atom is 0.265 e. The number of halogens is 2. The molecule has 0 saturated heterocycles. The summed E-state index contributed by atoms with van der Waals surface area (Å²) in [6.07, 6.45) is 0. The van der Waals surface area contributed by atoms with Crippen molar-refractivity contribution in [3.05, 3.63) is 63.9 Å². The first-order valence-corrected chi connectivity index (χ1v) is 7.47. The van der Waals surface area contributed by atoms with Crippen LogP contribution >= 0.6 is 11.6 Å². The number of fused-ring (bicyclic) bond motifs is 1. The molecule has 0 aromatic heterocycles. The molecule has 0 unspecified atom stereocenters. The van der Waals surface area contributed by atoms with Gasteiger partial charge in [0.15, 0.2) is 0 Å². The molecule has 0 aliphatic carbocycles. The van der Waals surface area contributed by atoms with E-state index in [1.807, 2.05) is 0 Å². The first-order chi connectivity index (χ1) is 11.4. The van der Waals surface area contributed by atoms with E-state index in [0.29, 0.717) is 10.7 Å². The molecular formula is C17H12ClFN2O3. The second kappa shape index (κ2) is 6.05.